The van der Waals surface area contributed by atoms with Crippen LogP contribution in [0.3, 0.4) is 0 Å². The lowest BCUT2D eigenvalue weighted by Gasteiger charge is -1.99. The number of aromatic nitrogens is 3. The Balaban J connectivity index is 1.61. The second-order valence-electron chi connectivity index (χ2n) is 4.54. The summed E-state index contributed by atoms with van der Waals surface area (Å²) in [6.45, 7) is 1.92. The van der Waals surface area contributed by atoms with E-state index in [4.69, 9.17) is 0 Å². The lowest BCUT2D eigenvalue weighted by molar-refractivity contribution is 0.622. The maximum atomic E-state index is 4.44. The molecule has 0 aliphatic heterocycles. The average molecular weight is 228 g/mol. The van der Waals surface area contributed by atoms with E-state index in [1.54, 1.807) is 4.80 Å². The third-order valence-corrected chi connectivity index (χ3v) is 2.96. The van der Waals surface area contributed by atoms with Gasteiger partial charge in [-0.15, -0.1) is 0 Å². The van der Waals surface area contributed by atoms with E-state index in [1.165, 1.54) is 12.8 Å². The van der Waals surface area contributed by atoms with Crippen molar-refractivity contribution in [1.29, 1.82) is 0 Å². The van der Waals surface area contributed by atoms with Crippen molar-refractivity contribution in [3.8, 4) is 5.69 Å². The van der Waals surface area contributed by atoms with E-state index in [0.717, 1.165) is 30.4 Å². The van der Waals surface area contributed by atoms with E-state index >= 15 is 0 Å². The fourth-order valence-corrected chi connectivity index (χ4v) is 1.79. The first-order valence-corrected chi connectivity index (χ1v) is 6.09. The van der Waals surface area contributed by atoms with Gasteiger partial charge in [0.2, 0.25) is 0 Å². The molecule has 0 radical (unpaired) electrons. The van der Waals surface area contributed by atoms with Crippen molar-refractivity contribution >= 4 is 0 Å². The third kappa shape index (κ3) is 2.71. The fraction of sp³-hybridized carbons (Fsp3) is 0.385. The Morgan fingerprint density at radius 3 is 2.82 bits per heavy atom. The summed E-state index contributed by atoms with van der Waals surface area (Å²) in [6.07, 6.45) is 4.58. The van der Waals surface area contributed by atoms with Gasteiger partial charge in [-0.2, -0.15) is 15.0 Å². The van der Waals surface area contributed by atoms with Crippen LogP contribution in [0.4, 0.5) is 0 Å². The van der Waals surface area contributed by atoms with Crippen LogP contribution < -0.4 is 5.32 Å². The van der Waals surface area contributed by atoms with E-state index in [0.29, 0.717) is 0 Å². The standard InChI is InChI=1S/C13H16N4/c1-2-4-13(5-3-1)17-15-10-12(16-17)9-14-8-11-6-7-11/h1-5,10-11,14H,6-9H2. The molecule has 17 heavy (non-hydrogen) atoms. The average Bonchev–Trinajstić information content (AvgIpc) is 3.07. The van der Waals surface area contributed by atoms with Crippen LogP contribution >= 0.6 is 0 Å². The summed E-state index contributed by atoms with van der Waals surface area (Å²) in [7, 11) is 0. The first-order valence-electron chi connectivity index (χ1n) is 6.09. The molecular formula is C13H16N4. The number of para-hydroxylation sites is 1. The molecule has 1 aromatic carbocycles. The van der Waals surface area contributed by atoms with Gasteiger partial charge in [0.25, 0.3) is 0 Å². The molecule has 0 saturated heterocycles. The quantitative estimate of drug-likeness (QED) is 0.848. The zero-order valence-corrected chi connectivity index (χ0v) is 9.71. The first-order chi connectivity index (χ1) is 8.42. The highest BCUT2D eigenvalue weighted by Gasteiger charge is 2.20. The zero-order chi connectivity index (χ0) is 11.5. The molecule has 0 atom stereocenters. The first kappa shape index (κ1) is 10.5. The Kier molecular flexibility index (Phi) is 2.88. The molecule has 88 valence electrons. The highest BCUT2D eigenvalue weighted by atomic mass is 15.5. The molecule has 4 nitrogen and oxygen atoms in total. The Morgan fingerprint density at radius 2 is 2.06 bits per heavy atom. The van der Waals surface area contributed by atoms with E-state index in [2.05, 4.69) is 15.5 Å². The number of nitrogens with one attached hydrogen (secondary N) is 1. The molecule has 1 N–H and O–H groups in total. The van der Waals surface area contributed by atoms with Gasteiger partial charge in [-0.25, -0.2) is 0 Å². The predicted molar refractivity (Wildman–Crippen MR) is 65.8 cm³/mol. The van der Waals surface area contributed by atoms with Gasteiger partial charge in [-0.3, -0.25) is 0 Å². The van der Waals surface area contributed by atoms with Gasteiger partial charge in [0.15, 0.2) is 0 Å². The molecule has 1 fully saturated rings. The molecule has 0 spiro atoms. The van der Waals surface area contributed by atoms with Crippen LogP contribution in [0.2, 0.25) is 0 Å². The van der Waals surface area contributed by atoms with Crippen LogP contribution in [-0.2, 0) is 6.54 Å². The Labute approximate surface area is 101 Å². The van der Waals surface area contributed by atoms with Crippen molar-refractivity contribution in [2.45, 2.75) is 19.4 Å². The molecule has 4 heteroatoms. The molecule has 0 bridgehead atoms. The zero-order valence-electron chi connectivity index (χ0n) is 9.71. The molecule has 0 unspecified atom stereocenters. The largest absolute Gasteiger partial charge is 0.311 e. The third-order valence-electron chi connectivity index (χ3n) is 2.96. The van der Waals surface area contributed by atoms with Crippen molar-refractivity contribution in [2.24, 2.45) is 5.92 Å². The number of hydrogen-bond donors (Lipinski definition) is 1. The van der Waals surface area contributed by atoms with Gasteiger partial charge in [0.1, 0.15) is 0 Å². The molecule has 0 amide bonds. The lowest BCUT2D eigenvalue weighted by Crippen LogP contribution is -2.16. The van der Waals surface area contributed by atoms with E-state index in [-0.39, 0.29) is 0 Å². The molecular weight excluding hydrogens is 212 g/mol. The summed E-state index contributed by atoms with van der Waals surface area (Å²) in [5.41, 5.74) is 2.00. The van der Waals surface area contributed by atoms with Gasteiger partial charge in [0.05, 0.1) is 17.6 Å². The van der Waals surface area contributed by atoms with Gasteiger partial charge in [-0.1, -0.05) is 18.2 Å². The fourth-order valence-electron chi connectivity index (χ4n) is 1.79. The Hall–Kier alpha value is -1.68. The Bertz CT molecular complexity index is 473. The van der Waals surface area contributed by atoms with Crippen molar-refractivity contribution < 1.29 is 0 Å². The van der Waals surface area contributed by atoms with Crippen molar-refractivity contribution in [3.63, 3.8) is 0 Å². The summed E-state index contributed by atoms with van der Waals surface area (Å²) < 4.78 is 0. The van der Waals surface area contributed by atoms with E-state index in [9.17, 15) is 0 Å². The molecule has 1 saturated carbocycles. The van der Waals surface area contributed by atoms with Crippen molar-refractivity contribution in [2.75, 3.05) is 6.54 Å². The lowest BCUT2D eigenvalue weighted by atomic mass is 10.3. The highest BCUT2D eigenvalue weighted by molar-refractivity contribution is 5.28. The van der Waals surface area contributed by atoms with Crippen LogP contribution in [-0.4, -0.2) is 21.5 Å². The summed E-state index contributed by atoms with van der Waals surface area (Å²) >= 11 is 0. The smallest absolute Gasteiger partial charge is 0.0969 e. The minimum Gasteiger partial charge on any atom is -0.311 e. The molecule has 1 aliphatic rings. The van der Waals surface area contributed by atoms with Gasteiger partial charge in [0, 0.05) is 6.54 Å². The minimum absolute atomic E-state index is 0.809. The second-order valence-corrected chi connectivity index (χ2v) is 4.54. The van der Waals surface area contributed by atoms with Crippen molar-refractivity contribution in [1.82, 2.24) is 20.3 Å². The highest BCUT2D eigenvalue weighted by Crippen LogP contribution is 2.27. The van der Waals surface area contributed by atoms with Crippen LogP contribution in [0.1, 0.15) is 18.5 Å². The molecule has 1 aliphatic carbocycles. The summed E-state index contributed by atoms with van der Waals surface area (Å²) in [4.78, 5) is 1.67. The van der Waals surface area contributed by atoms with Crippen LogP contribution in [0, 0.1) is 5.92 Å². The number of benzene rings is 1. The SMILES string of the molecule is c1ccc(-n2ncc(CNCC3CC3)n2)cc1. The molecule has 1 aromatic heterocycles. The van der Waals surface area contributed by atoms with E-state index in [1.807, 2.05) is 36.5 Å². The van der Waals surface area contributed by atoms with E-state index < -0.39 is 0 Å². The summed E-state index contributed by atoms with van der Waals surface area (Å²) in [6, 6.07) is 9.97. The van der Waals surface area contributed by atoms with Crippen LogP contribution in [0.25, 0.3) is 5.69 Å². The Morgan fingerprint density at radius 1 is 1.24 bits per heavy atom. The van der Waals surface area contributed by atoms with Gasteiger partial charge < -0.3 is 5.32 Å². The minimum atomic E-state index is 0.809. The molecule has 3 rings (SSSR count). The second kappa shape index (κ2) is 4.67. The summed E-state index contributed by atoms with van der Waals surface area (Å²) in [5, 5.41) is 12.1. The predicted octanol–water partition coefficient (Wildman–Crippen LogP) is 1.77. The normalized spacial score (nSPS) is 15.1. The topological polar surface area (TPSA) is 42.7 Å². The van der Waals surface area contributed by atoms with Crippen molar-refractivity contribution in [3.05, 3.63) is 42.2 Å². The number of nitrogens with zero attached hydrogens (tertiary/aromatic N) is 3. The van der Waals surface area contributed by atoms with Gasteiger partial charge in [-0.05, 0) is 37.4 Å². The monoisotopic (exact) mass is 228 g/mol. The maximum Gasteiger partial charge on any atom is 0.0969 e. The number of rotatable bonds is 5. The molecule has 2 aromatic rings. The summed E-state index contributed by atoms with van der Waals surface area (Å²) in [5.74, 6) is 0.902. The van der Waals surface area contributed by atoms with Crippen LogP contribution in [0.5, 0.6) is 0 Å². The number of hydrogen-bond acceptors (Lipinski definition) is 3. The molecule has 1 heterocycles. The van der Waals surface area contributed by atoms with Gasteiger partial charge >= 0.3 is 0 Å². The van der Waals surface area contributed by atoms with Crippen LogP contribution in [0.15, 0.2) is 36.5 Å². The maximum absolute atomic E-state index is 4.44.